The van der Waals surface area contributed by atoms with Crippen molar-refractivity contribution in [1.82, 2.24) is 10.2 Å². The second-order valence-electron chi connectivity index (χ2n) is 2.86. The summed E-state index contributed by atoms with van der Waals surface area (Å²) in [5.41, 5.74) is 0. The van der Waals surface area contributed by atoms with Gasteiger partial charge in [-0.15, -0.1) is 0 Å². The lowest BCUT2D eigenvalue weighted by molar-refractivity contribution is 0.0289. The number of alkyl halides is 2. The standard InChI is InChI=1S/C7H14F2N2/c1-6(7(8)9)11-4-2-10-3-5-11/h6-7,10H,2-5H2,1H3. The van der Waals surface area contributed by atoms with Crippen LogP contribution in [0.2, 0.25) is 0 Å². The van der Waals surface area contributed by atoms with Crippen LogP contribution in [0, 0.1) is 0 Å². The summed E-state index contributed by atoms with van der Waals surface area (Å²) < 4.78 is 24.3. The van der Waals surface area contributed by atoms with Crippen molar-refractivity contribution in [3.05, 3.63) is 0 Å². The smallest absolute Gasteiger partial charge is 0.253 e. The SMILES string of the molecule is CC(C(F)F)N1CCNCC1. The summed E-state index contributed by atoms with van der Waals surface area (Å²) in [6.07, 6.45) is -2.21. The zero-order valence-electron chi connectivity index (χ0n) is 6.69. The lowest BCUT2D eigenvalue weighted by atomic mass is 10.2. The van der Waals surface area contributed by atoms with Crippen molar-refractivity contribution in [1.29, 1.82) is 0 Å². The van der Waals surface area contributed by atoms with Crippen molar-refractivity contribution in [3.8, 4) is 0 Å². The Morgan fingerprint density at radius 1 is 1.27 bits per heavy atom. The molecule has 1 N–H and O–H groups in total. The molecule has 0 bridgehead atoms. The molecule has 0 spiro atoms. The summed E-state index contributed by atoms with van der Waals surface area (Å²) in [6, 6.07) is -0.586. The molecule has 0 aromatic carbocycles. The fourth-order valence-corrected chi connectivity index (χ4v) is 1.25. The van der Waals surface area contributed by atoms with Crippen LogP contribution in [0.1, 0.15) is 6.92 Å². The monoisotopic (exact) mass is 164 g/mol. The van der Waals surface area contributed by atoms with Crippen LogP contribution in [0.15, 0.2) is 0 Å². The van der Waals surface area contributed by atoms with Crippen molar-refractivity contribution in [2.75, 3.05) is 26.2 Å². The van der Waals surface area contributed by atoms with Crippen LogP contribution in [0.4, 0.5) is 8.78 Å². The molecule has 0 saturated carbocycles. The number of piperazine rings is 1. The fraction of sp³-hybridized carbons (Fsp3) is 1.00. The molecule has 1 aliphatic heterocycles. The zero-order chi connectivity index (χ0) is 8.27. The first-order valence-corrected chi connectivity index (χ1v) is 3.94. The van der Waals surface area contributed by atoms with Crippen LogP contribution in [0.3, 0.4) is 0 Å². The average molecular weight is 164 g/mol. The van der Waals surface area contributed by atoms with Gasteiger partial charge in [-0.05, 0) is 6.92 Å². The highest BCUT2D eigenvalue weighted by atomic mass is 19.3. The minimum Gasteiger partial charge on any atom is -0.314 e. The summed E-state index contributed by atoms with van der Waals surface area (Å²) in [5, 5.41) is 3.12. The second kappa shape index (κ2) is 3.97. The molecule has 4 heteroatoms. The number of nitrogens with zero attached hydrogens (tertiary/aromatic N) is 1. The molecule has 1 saturated heterocycles. The summed E-state index contributed by atoms with van der Waals surface area (Å²) in [4.78, 5) is 1.82. The molecule has 66 valence electrons. The summed E-state index contributed by atoms with van der Waals surface area (Å²) in [6.45, 7) is 4.72. The van der Waals surface area contributed by atoms with Gasteiger partial charge >= 0.3 is 0 Å². The maximum Gasteiger partial charge on any atom is 0.253 e. The van der Waals surface area contributed by atoms with Gasteiger partial charge in [-0.3, -0.25) is 4.90 Å². The number of hydrogen-bond donors (Lipinski definition) is 1. The third-order valence-corrected chi connectivity index (χ3v) is 2.09. The Hall–Kier alpha value is -0.220. The lowest BCUT2D eigenvalue weighted by Gasteiger charge is -2.32. The van der Waals surface area contributed by atoms with Gasteiger partial charge in [0.15, 0.2) is 0 Å². The van der Waals surface area contributed by atoms with Crippen molar-refractivity contribution in [2.45, 2.75) is 19.4 Å². The molecule has 0 amide bonds. The molecular weight excluding hydrogens is 150 g/mol. The first-order chi connectivity index (χ1) is 5.22. The van der Waals surface area contributed by atoms with Gasteiger partial charge < -0.3 is 5.32 Å². The van der Waals surface area contributed by atoms with E-state index in [-0.39, 0.29) is 0 Å². The Morgan fingerprint density at radius 3 is 2.27 bits per heavy atom. The predicted octanol–water partition coefficient (Wildman–Crippen LogP) is 0.545. The molecule has 1 rings (SSSR count). The van der Waals surface area contributed by atoms with Gasteiger partial charge in [0.25, 0.3) is 6.43 Å². The van der Waals surface area contributed by atoms with Crippen LogP contribution in [0.25, 0.3) is 0 Å². The van der Waals surface area contributed by atoms with Gasteiger partial charge in [-0.2, -0.15) is 0 Å². The topological polar surface area (TPSA) is 15.3 Å². The molecule has 0 aromatic rings. The van der Waals surface area contributed by atoms with Crippen molar-refractivity contribution in [2.24, 2.45) is 0 Å². The Morgan fingerprint density at radius 2 is 1.82 bits per heavy atom. The van der Waals surface area contributed by atoms with E-state index in [0.717, 1.165) is 26.2 Å². The first-order valence-electron chi connectivity index (χ1n) is 3.94. The van der Waals surface area contributed by atoms with Crippen LogP contribution in [0.5, 0.6) is 0 Å². The molecular formula is C7H14F2N2. The minimum absolute atomic E-state index is 0.586. The van der Waals surface area contributed by atoms with Gasteiger partial charge in [-0.25, -0.2) is 8.78 Å². The molecule has 0 aliphatic carbocycles. The van der Waals surface area contributed by atoms with Crippen LogP contribution in [-0.4, -0.2) is 43.5 Å². The number of halogens is 2. The van der Waals surface area contributed by atoms with E-state index in [0.29, 0.717) is 0 Å². The van der Waals surface area contributed by atoms with E-state index < -0.39 is 12.5 Å². The molecule has 0 radical (unpaired) electrons. The van der Waals surface area contributed by atoms with Gasteiger partial charge in [0, 0.05) is 26.2 Å². The number of rotatable bonds is 2. The number of hydrogen-bond acceptors (Lipinski definition) is 2. The molecule has 1 unspecified atom stereocenters. The molecule has 1 heterocycles. The minimum atomic E-state index is -2.21. The molecule has 11 heavy (non-hydrogen) atoms. The zero-order valence-corrected chi connectivity index (χ0v) is 6.69. The van der Waals surface area contributed by atoms with Crippen LogP contribution in [-0.2, 0) is 0 Å². The Labute approximate surface area is 65.6 Å². The Balaban J connectivity index is 2.32. The quantitative estimate of drug-likeness (QED) is 0.641. The van der Waals surface area contributed by atoms with Crippen molar-refractivity contribution in [3.63, 3.8) is 0 Å². The third kappa shape index (κ3) is 2.38. The van der Waals surface area contributed by atoms with Crippen LogP contribution < -0.4 is 5.32 Å². The molecule has 0 aromatic heterocycles. The highest BCUT2D eigenvalue weighted by Gasteiger charge is 2.23. The van der Waals surface area contributed by atoms with E-state index in [1.54, 1.807) is 6.92 Å². The normalized spacial score (nSPS) is 24.0. The summed E-state index contributed by atoms with van der Waals surface area (Å²) in [5.74, 6) is 0. The van der Waals surface area contributed by atoms with E-state index in [4.69, 9.17) is 0 Å². The predicted molar refractivity (Wildman–Crippen MR) is 39.9 cm³/mol. The van der Waals surface area contributed by atoms with Gasteiger partial charge in [0.2, 0.25) is 0 Å². The maximum absolute atomic E-state index is 12.2. The molecule has 1 fully saturated rings. The highest BCUT2D eigenvalue weighted by Crippen LogP contribution is 2.09. The molecule has 1 atom stereocenters. The maximum atomic E-state index is 12.2. The van der Waals surface area contributed by atoms with E-state index in [1.165, 1.54) is 0 Å². The molecule has 2 nitrogen and oxygen atoms in total. The summed E-state index contributed by atoms with van der Waals surface area (Å²) in [7, 11) is 0. The van der Waals surface area contributed by atoms with E-state index in [9.17, 15) is 8.78 Å². The average Bonchev–Trinajstić information content (AvgIpc) is 2.05. The Bertz CT molecular complexity index is 113. The lowest BCUT2D eigenvalue weighted by Crippen LogP contribution is -2.49. The third-order valence-electron chi connectivity index (χ3n) is 2.09. The van der Waals surface area contributed by atoms with E-state index in [2.05, 4.69) is 5.32 Å². The van der Waals surface area contributed by atoms with Crippen LogP contribution >= 0.6 is 0 Å². The largest absolute Gasteiger partial charge is 0.314 e. The number of nitrogens with one attached hydrogen (secondary N) is 1. The highest BCUT2D eigenvalue weighted by molar-refractivity contribution is 4.74. The van der Waals surface area contributed by atoms with Gasteiger partial charge in [-0.1, -0.05) is 0 Å². The Kier molecular flexibility index (Phi) is 3.20. The van der Waals surface area contributed by atoms with E-state index >= 15 is 0 Å². The molecule has 1 aliphatic rings. The van der Waals surface area contributed by atoms with Gasteiger partial charge in [0.1, 0.15) is 0 Å². The van der Waals surface area contributed by atoms with Crippen molar-refractivity contribution >= 4 is 0 Å². The second-order valence-corrected chi connectivity index (χ2v) is 2.86. The summed E-state index contributed by atoms with van der Waals surface area (Å²) >= 11 is 0. The van der Waals surface area contributed by atoms with Gasteiger partial charge in [0.05, 0.1) is 6.04 Å². The first kappa shape index (κ1) is 8.87. The fourth-order valence-electron chi connectivity index (χ4n) is 1.25. The van der Waals surface area contributed by atoms with Crippen molar-refractivity contribution < 1.29 is 8.78 Å². The van der Waals surface area contributed by atoms with E-state index in [1.807, 2.05) is 4.90 Å².